The number of carbonyl (C=O) groups excluding carboxylic acids is 2. The van der Waals surface area contributed by atoms with Gasteiger partial charge in [-0.05, 0) is 36.2 Å². The van der Waals surface area contributed by atoms with Crippen LogP contribution >= 0.6 is 0 Å². The molecule has 29 heavy (non-hydrogen) atoms. The van der Waals surface area contributed by atoms with Gasteiger partial charge in [-0.25, -0.2) is 4.79 Å². The Balaban J connectivity index is 1.72. The maximum absolute atomic E-state index is 12.7. The van der Waals surface area contributed by atoms with Crippen LogP contribution in [0.25, 0.3) is 11.0 Å². The van der Waals surface area contributed by atoms with E-state index in [0.717, 1.165) is 16.5 Å². The molecule has 0 saturated heterocycles. The van der Waals surface area contributed by atoms with Crippen molar-refractivity contribution in [3.63, 3.8) is 0 Å². The average Bonchev–Trinajstić information content (AvgIpc) is 2.72. The van der Waals surface area contributed by atoms with Gasteiger partial charge in [0.25, 0.3) is 5.91 Å². The number of fused-ring (bicyclic) bond motifs is 1. The summed E-state index contributed by atoms with van der Waals surface area (Å²) in [5.41, 5.74) is 1.85. The fourth-order valence-corrected chi connectivity index (χ4v) is 2.81. The first-order valence-corrected chi connectivity index (χ1v) is 9.02. The second kappa shape index (κ2) is 9.05. The van der Waals surface area contributed by atoms with E-state index in [9.17, 15) is 14.4 Å². The largest absolute Gasteiger partial charge is 0.484 e. The van der Waals surface area contributed by atoms with Crippen molar-refractivity contribution >= 4 is 22.8 Å². The molecule has 0 N–H and O–H groups in total. The van der Waals surface area contributed by atoms with Crippen LogP contribution in [0, 0.1) is 6.92 Å². The summed E-state index contributed by atoms with van der Waals surface area (Å²) < 4.78 is 15.4. The first-order valence-electron chi connectivity index (χ1n) is 9.02. The molecule has 2 aromatic carbocycles. The Morgan fingerprint density at radius 2 is 1.83 bits per heavy atom. The van der Waals surface area contributed by atoms with Crippen molar-refractivity contribution in [1.82, 2.24) is 4.90 Å². The molecule has 0 bridgehead atoms. The summed E-state index contributed by atoms with van der Waals surface area (Å²) in [4.78, 5) is 37.2. The third kappa shape index (κ3) is 5.22. The van der Waals surface area contributed by atoms with Gasteiger partial charge in [-0.2, -0.15) is 0 Å². The number of hydrogen-bond acceptors (Lipinski definition) is 6. The first kappa shape index (κ1) is 20.1. The van der Waals surface area contributed by atoms with Crippen molar-refractivity contribution in [2.75, 3.05) is 20.3 Å². The van der Waals surface area contributed by atoms with Gasteiger partial charge < -0.3 is 18.8 Å². The Bertz CT molecular complexity index is 1090. The Morgan fingerprint density at radius 1 is 1.07 bits per heavy atom. The number of ether oxygens (including phenoxy) is 2. The highest BCUT2D eigenvalue weighted by atomic mass is 16.5. The van der Waals surface area contributed by atoms with E-state index in [4.69, 9.17) is 13.9 Å². The standard InChI is InChI=1S/C22H21NO6/c1-15-5-3-4-6-17(15)12-23(13-22(26)27-2)20(24)14-28-18-9-7-16-8-10-21(25)29-19(16)11-18/h3-11H,12-14H2,1-2H3. The van der Waals surface area contributed by atoms with Crippen molar-refractivity contribution in [3.8, 4) is 5.75 Å². The third-order valence-electron chi connectivity index (χ3n) is 4.48. The number of esters is 1. The molecule has 0 spiro atoms. The molecule has 0 atom stereocenters. The molecule has 0 unspecified atom stereocenters. The summed E-state index contributed by atoms with van der Waals surface area (Å²) in [5, 5.41) is 0.746. The van der Waals surface area contributed by atoms with Gasteiger partial charge in [0.15, 0.2) is 6.61 Å². The Kier molecular flexibility index (Phi) is 6.29. The van der Waals surface area contributed by atoms with E-state index >= 15 is 0 Å². The van der Waals surface area contributed by atoms with E-state index in [-0.39, 0.29) is 25.6 Å². The van der Waals surface area contributed by atoms with E-state index in [1.165, 1.54) is 18.1 Å². The Labute approximate surface area is 167 Å². The lowest BCUT2D eigenvalue weighted by atomic mass is 10.1. The van der Waals surface area contributed by atoms with Crippen LogP contribution in [0.4, 0.5) is 0 Å². The minimum absolute atomic E-state index is 0.181. The minimum Gasteiger partial charge on any atom is -0.484 e. The zero-order chi connectivity index (χ0) is 20.8. The van der Waals surface area contributed by atoms with Crippen molar-refractivity contribution in [1.29, 1.82) is 0 Å². The van der Waals surface area contributed by atoms with Gasteiger partial charge in [-0.1, -0.05) is 24.3 Å². The van der Waals surface area contributed by atoms with E-state index in [2.05, 4.69) is 0 Å². The lowest BCUT2D eigenvalue weighted by Gasteiger charge is -2.22. The van der Waals surface area contributed by atoms with Gasteiger partial charge in [0, 0.05) is 24.1 Å². The zero-order valence-corrected chi connectivity index (χ0v) is 16.2. The molecule has 1 amide bonds. The lowest BCUT2D eigenvalue weighted by molar-refractivity contribution is -0.148. The minimum atomic E-state index is -0.514. The number of methoxy groups -OCH3 is 1. The van der Waals surface area contributed by atoms with Crippen LogP contribution in [0.2, 0.25) is 0 Å². The first-order chi connectivity index (χ1) is 14.0. The van der Waals surface area contributed by atoms with E-state index in [1.807, 2.05) is 31.2 Å². The second-order valence-electron chi connectivity index (χ2n) is 6.50. The molecule has 0 aliphatic carbocycles. The molecule has 0 saturated carbocycles. The van der Waals surface area contributed by atoms with Crippen LogP contribution in [-0.4, -0.2) is 37.0 Å². The molecule has 0 aliphatic heterocycles. The highest BCUT2D eigenvalue weighted by Gasteiger charge is 2.19. The lowest BCUT2D eigenvalue weighted by Crippen LogP contribution is -2.38. The molecule has 7 heteroatoms. The van der Waals surface area contributed by atoms with Gasteiger partial charge in [-0.15, -0.1) is 0 Å². The zero-order valence-electron chi connectivity index (χ0n) is 16.2. The Morgan fingerprint density at radius 3 is 2.59 bits per heavy atom. The highest BCUT2D eigenvalue weighted by Crippen LogP contribution is 2.19. The van der Waals surface area contributed by atoms with Crippen LogP contribution in [0.1, 0.15) is 11.1 Å². The van der Waals surface area contributed by atoms with Crippen LogP contribution in [0.15, 0.2) is 63.8 Å². The van der Waals surface area contributed by atoms with Gasteiger partial charge >= 0.3 is 11.6 Å². The summed E-state index contributed by atoms with van der Waals surface area (Å²) in [6.07, 6.45) is 0. The summed E-state index contributed by atoms with van der Waals surface area (Å²) >= 11 is 0. The summed E-state index contributed by atoms with van der Waals surface area (Å²) in [6, 6.07) is 15.6. The predicted molar refractivity (Wildman–Crippen MR) is 107 cm³/mol. The number of rotatable bonds is 7. The average molecular weight is 395 g/mol. The monoisotopic (exact) mass is 395 g/mol. The van der Waals surface area contributed by atoms with E-state index < -0.39 is 11.6 Å². The number of aryl methyl sites for hydroxylation is 1. The van der Waals surface area contributed by atoms with Crippen LogP contribution in [-0.2, 0) is 20.9 Å². The molecule has 150 valence electrons. The predicted octanol–water partition coefficient (Wildman–Crippen LogP) is 2.68. The molecular formula is C22H21NO6. The fourth-order valence-electron chi connectivity index (χ4n) is 2.81. The fraction of sp³-hybridized carbons (Fsp3) is 0.227. The maximum atomic E-state index is 12.7. The smallest absolute Gasteiger partial charge is 0.336 e. The van der Waals surface area contributed by atoms with E-state index in [0.29, 0.717) is 11.3 Å². The van der Waals surface area contributed by atoms with E-state index in [1.54, 1.807) is 24.3 Å². The quantitative estimate of drug-likeness (QED) is 0.452. The van der Waals surface area contributed by atoms with Crippen molar-refractivity contribution in [2.24, 2.45) is 0 Å². The Hall–Kier alpha value is -3.61. The summed E-state index contributed by atoms with van der Waals surface area (Å²) in [5.74, 6) is -0.498. The molecule has 0 fully saturated rings. The van der Waals surface area contributed by atoms with Crippen LogP contribution < -0.4 is 10.4 Å². The maximum Gasteiger partial charge on any atom is 0.336 e. The normalized spacial score (nSPS) is 10.6. The SMILES string of the molecule is COC(=O)CN(Cc1ccccc1C)C(=O)COc1ccc2ccc(=O)oc2c1. The number of nitrogens with zero attached hydrogens (tertiary/aromatic N) is 1. The third-order valence-corrected chi connectivity index (χ3v) is 4.48. The van der Waals surface area contributed by atoms with Crippen molar-refractivity contribution < 1.29 is 23.5 Å². The van der Waals surface area contributed by atoms with Gasteiger partial charge in [0.2, 0.25) is 0 Å². The molecule has 3 aromatic rings. The molecule has 1 aromatic heterocycles. The van der Waals surface area contributed by atoms with Crippen LogP contribution in [0.5, 0.6) is 5.75 Å². The number of carbonyl (C=O) groups is 2. The second-order valence-corrected chi connectivity index (χ2v) is 6.50. The van der Waals surface area contributed by atoms with Gasteiger partial charge in [0.1, 0.15) is 17.9 Å². The van der Waals surface area contributed by atoms with Crippen LogP contribution in [0.3, 0.4) is 0 Å². The number of benzene rings is 2. The molecular weight excluding hydrogens is 374 g/mol. The molecule has 3 rings (SSSR count). The van der Waals surface area contributed by atoms with Crippen molar-refractivity contribution in [2.45, 2.75) is 13.5 Å². The molecule has 0 aliphatic rings. The molecule has 1 heterocycles. The highest BCUT2D eigenvalue weighted by molar-refractivity contribution is 5.83. The van der Waals surface area contributed by atoms with Gasteiger partial charge in [0.05, 0.1) is 7.11 Å². The van der Waals surface area contributed by atoms with Crippen molar-refractivity contribution in [3.05, 3.63) is 76.1 Å². The number of amides is 1. The molecule has 7 nitrogen and oxygen atoms in total. The topological polar surface area (TPSA) is 86.0 Å². The summed E-state index contributed by atoms with van der Waals surface area (Å²) in [7, 11) is 1.28. The molecule has 0 radical (unpaired) electrons. The summed E-state index contributed by atoms with van der Waals surface area (Å²) in [6.45, 7) is 1.75. The number of hydrogen-bond donors (Lipinski definition) is 0. The van der Waals surface area contributed by atoms with Gasteiger partial charge in [-0.3, -0.25) is 9.59 Å².